The first kappa shape index (κ1) is 11.2. The number of carbonyl (C=O) groups excluding carboxylic acids is 1. The number of nitrogens with one attached hydrogen (secondary N) is 1. The summed E-state index contributed by atoms with van der Waals surface area (Å²) in [5.74, 6) is -0.345. The third kappa shape index (κ3) is 1.85. The molecular weight excluding hydrogens is 222 g/mol. The Balaban J connectivity index is 0.00000121. The van der Waals surface area contributed by atoms with Gasteiger partial charge in [-0.15, -0.1) is 0 Å². The maximum atomic E-state index is 10.9. The van der Waals surface area contributed by atoms with E-state index in [1.54, 1.807) is 37.1 Å². The van der Waals surface area contributed by atoms with Crippen LogP contribution in [0.15, 0.2) is 18.7 Å². The van der Waals surface area contributed by atoms with Crippen molar-refractivity contribution >= 4 is 5.91 Å². The topological polar surface area (TPSA) is 62.8 Å². The summed E-state index contributed by atoms with van der Waals surface area (Å²) >= 11 is 0. The van der Waals surface area contributed by atoms with Crippen LogP contribution in [-0.4, -0.2) is 10.9 Å². The Hall–Kier alpha value is -0.840. The second kappa shape index (κ2) is 3.71. The lowest BCUT2D eigenvalue weighted by molar-refractivity contribution is -0.740. The van der Waals surface area contributed by atoms with Crippen LogP contribution in [0.5, 0.6) is 0 Å². The molecule has 0 bridgehead atoms. The largest absolute Gasteiger partial charge is 1.00 e. The zero-order chi connectivity index (χ0) is 8.48. The Morgan fingerprint density at radius 2 is 2.17 bits per heavy atom. The SMILES string of the molecule is CC(C)(C(N)=O)[n+]1cc[nH]c1.[Br-]. The highest BCUT2D eigenvalue weighted by atomic mass is 79.9. The van der Waals surface area contributed by atoms with Crippen LogP contribution in [0.3, 0.4) is 0 Å². The maximum Gasteiger partial charge on any atom is 0.265 e. The number of hydrogen-bond acceptors (Lipinski definition) is 1. The first-order valence-corrected chi connectivity index (χ1v) is 3.39. The molecular formula is C7H12BrN3O. The second-order valence-corrected chi connectivity index (χ2v) is 2.94. The van der Waals surface area contributed by atoms with Crippen molar-refractivity contribution in [3.63, 3.8) is 0 Å². The molecule has 0 aliphatic carbocycles. The van der Waals surface area contributed by atoms with Gasteiger partial charge in [0.05, 0.1) is 0 Å². The lowest BCUT2D eigenvalue weighted by atomic mass is 10.1. The third-order valence-corrected chi connectivity index (χ3v) is 1.79. The van der Waals surface area contributed by atoms with Crippen molar-refractivity contribution < 1.29 is 26.3 Å². The number of H-pyrrole nitrogens is 1. The average molecular weight is 234 g/mol. The molecule has 12 heavy (non-hydrogen) atoms. The summed E-state index contributed by atoms with van der Waals surface area (Å²) in [6.45, 7) is 3.53. The van der Waals surface area contributed by atoms with E-state index < -0.39 is 5.54 Å². The number of aromatic nitrogens is 2. The van der Waals surface area contributed by atoms with Gasteiger partial charge in [0.25, 0.3) is 5.91 Å². The monoisotopic (exact) mass is 233 g/mol. The first-order chi connectivity index (χ1) is 5.05. The van der Waals surface area contributed by atoms with Crippen molar-refractivity contribution in [1.82, 2.24) is 4.98 Å². The number of rotatable bonds is 2. The van der Waals surface area contributed by atoms with Gasteiger partial charge in [-0.1, -0.05) is 0 Å². The van der Waals surface area contributed by atoms with Crippen LogP contribution in [-0.2, 0) is 10.3 Å². The normalized spacial score (nSPS) is 10.5. The van der Waals surface area contributed by atoms with Crippen molar-refractivity contribution in [3.8, 4) is 0 Å². The Morgan fingerprint density at radius 3 is 2.50 bits per heavy atom. The molecule has 0 saturated heterocycles. The fourth-order valence-corrected chi connectivity index (χ4v) is 0.765. The predicted molar refractivity (Wildman–Crippen MR) is 39.5 cm³/mol. The van der Waals surface area contributed by atoms with Gasteiger partial charge in [0.1, 0.15) is 12.4 Å². The molecule has 3 N–H and O–H groups in total. The standard InChI is InChI=1S/C7H11N3O.BrH/c1-7(2,6(8)11)10-4-3-9-5-10;/h3-5H,1-2H3,(H2,8,11);1H. The quantitative estimate of drug-likeness (QED) is 0.513. The van der Waals surface area contributed by atoms with Gasteiger partial charge in [-0.2, -0.15) is 0 Å². The number of nitrogens with zero attached hydrogens (tertiary/aromatic N) is 1. The van der Waals surface area contributed by atoms with E-state index in [-0.39, 0.29) is 22.9 Å². The summed E-state index contributed by atoms with van der Waals surface area (Å²) in [5, 5.41) is 0. The molecule has 1 rings (SSSR count). The minimum absolute atomic E-state index is 0. The van der Waals surface area contributed by atoms with E-state index in [1.807, 2.05) is 0 Å². The smallest absolute Gasteiger partial charge is 0.265 e. The van der Waals surface area contributed by atoms with Crippen LogP contribution in [0.1, 0.15) is 13.8 Å². The van der Waals surface area contributed by atoms with Crippen LogP contribution in [0.25, 0.3) is 0 Å². The minimum Gasteiger partial charge on any atom is -1.00 e. The van der Waals surface area contributed by atoms with E-state index in [0.29, 0.717) is 0 Å². The first-order valence-electron chi connectivity index (χ1n) is 3.39. The zero-order valence-electron chi connectivity index (χ0n) is 7.04. The van der Waals surface area contributed by atoms with Gasteiger partial charge in [0, 0.05) is 0 Å². The van der Waals surface area contributed by atoms with Crippen LogP contribution in [0.4, 0.5) is 0 Å². The number of amides is 1. The molecule has 0 spiro atoms. The Morgan fingerprint density at radius 1 is 1.58 bits per heavy atom. The number of halogens is 1. The molecule has 1 heterocycles. The van der Waals surface area contributed by atoms with Crippen molar-refractivity contribution in [2.24, 2.45) is 5.73 Å². The summed E-state index contributed by atoms with van der Waals surface area (Å²) in [4.78, 5) is 13.8. The minimum atomic E-state index is -0.653. The summed E-state index contributed by atoms with van der Waals surface area (Å²) in [6, 6.07) is 0. The van der Waals surface area contributed by atoms with Gasteiger partial charge in [0.2, 0.25) is 6.33 Å². The molecule has 0 aliphatic heterocycles. The fourth-order valence-electron chi connectivity index (χ4n) is 0.765. The predicted octanol–water partition coefficient (Wildman–Crippen LogP) is -3.47. The number of primary amides is 1. The molecule has 0 aliphatic rings. The molecule has 1 aromatic heterocycles. The van der Waals surface area contributed by atoms with E-state index in [9.17, 15) is 4.79 Å². The van der Waals surface area contributed by atoms with Crippen LogP contribution < -0.4 is 27.3 Å². The molecule has 68 valence electrons. The van der Waals surface area contributed by atoms with Crippen molar-refractivity contribution in [3.05, 3.63) is 18.7 Å². The lowest BCUT2D eigenvalue weighted by Gasteiger charge is -2.15. The van der Waals surface area contributed by atoms with Gasteiger partial charge in [0.15, 0.2) is 5.54 Å². The molecule has 0 atom stereocenters. The second-order valence-electron chi connectivity index (χ2n) is 2.94. The van der Waals surface area contributed by atoms with E-state index in [0.717, 1.165) is 0 Å². The highest BCUT2D eigenvalue weighted by Gasteiger charge is 2.31. The number of imidazole rings is 1. The highest BCUT2D eigenvalue weighted by Crippen LogP contribution is 2.02. The number of aromatic amines is 1. The number of nitrogens with two attached hydrogens (primary N) is 1. The van der Waals surface area contributed by atoms with Gasteiger partial charge in [-0.3, -0.25) is 9.78 Å². The van der Waals surface area contributed by atoms with Gasteiger partial charge in [-0.25, -0.2) is 4.57 Å². The summed E-state index contributed by atoms with van der Waals surface area (Å²) in [5.41, 5.74) is 4.54. The highest BCUT2D eigenvalue weighted by molar-refractivity contribution is 5.79. The Labute approximate surface area is 81.5 Å². The molecule has 0 fully saturated rings. The lowest BCUT2D eigenvalue weighted by Crippen LogP contribution is -3.00. The maximum absolute atomic E-state index is 10.9. The number of hydrogen-bond donors (Lipinski definition) is 2. The zero-order valence-corrected chi connectivity index (χ0v) is 8.63. The van der Waals surface area contributed by atoms with Crippen molar-refractivity contribution in [2.45, 2.75) is 19.4 Å². The molecule has 0 aromatic carbocycles. The van der Waals surface area contributed by atoms with Gasteiger partial charge in [-0.05, 0) is 13.8 Å². The van der Waals surface area contributed by atoms with Crippen LogP contribution in [0.2, 0.25) is 0 Å². The van der Waals surface area contributed by atoms with Crippen molar-refractivity contribution in [2.75, 3.05) is 0 Å². The van der Waals surface area contributed by atoms with E-state index in [1.165, 1.54) is 0 Å². The van der Waals surface area contributed by atoms with Crippen LogP contribution >= 0.6 is 0 Å². The van der Waals surface area contributed by atoms with Gasteiger partial charge < -0.3 is 22.7 Å². The molecule has 5 heteroatoms. The molecule has 1 amide bonds. The molecule has 4 nitrogen and oxygen atoms in total. The Kier molecular flexibility index (Phi) is 3.45. The molecule has 0 radical (unpaired) electrons. The average Bonchev–Trinajstić information content (AvgIpc) is 2.37. The Bertz CT molecular complexity index is 256. The third-order valence-electron chi connectivity index (χ3n) is 1.79. The molecule has 0 unspecified atom stereocenters. The van der Waals surface area contributed by atoms with Gasteiger partial charge >= 0.3 is 0 Å². The number of carbonyl (C=O) groups is 1. The summed E-state index contributed by atoms with van der Waals surface area (Å²) in [6.07, 6.45) is 5.21. The van der Waals surface area contributed by atoms with E-state index in [4.69, 9.17) is 5.73 Å². The fraction of sp³-hybridized carbons (Fsp3) is 0.429. The molecule has 0 saturated carbocycles. The van der Waals surface area contributed by atoms with E-state index >= 15 is 0 Å². The van der Waals surface area contributed by atoms with Crippen LogP contribution in [0, 0.1) is 0 Å². The van der Waals surface area contributed by atoms with E-state index in [2.05, 4.69) is 4.98 Å². The summed E-state index contributed by atoms with van der Waals surface area (Å²) in [7, 11) is 0. The van der Waals surface area contributed by atoms with Crippen molar-refractivity contribution in [1.29, 1.82) is 0 Å². The molecule has 1 aromatic rings. The summed E-state index contributed by atoms with van der Waals surface area (Å²) < 4.78 is 1.73.